The van der Waals surface area contributed by atoms with Crippen molar-refractivity contribution in [1.82, 2.24) is 10.6 Å². The quantitative estimate of drug-likeness (QED) is 0.657. The van der Waals surface area contributed by atoms with Gasteiger partial charge in [-0.3, -0.25) is 0 Å². The lowest BCUT2D eigenvalue weighted by molar-refractivity contribution is 0.113. The molecule has 1 saturated carbocycles. The zero-order valence-corrected chi connectivity index (χ0v) is 11.1. The first-order valence-corrected chi connectivity index (χ1v) is 7.43. The number of aliphatic hydroxyl groups is 1. The molecule has 0 aromatic heterocycles. The fourth-order valence-corrected chi connectivity index (χ4v) is 3.30. The van der Waals surface area contributed by atoms with Gasteiger partial charge in [0.15, 0.2) is 0 Å². The van der Waals surface area contributed by atoms with E-state index in [0.717, 1.165) is 12.8 Å². The Kier molecular flexibility index (Phi) is 5.26. The molecule has 0 spiro atoms. The van der Waals surface area contributed by atoms with Gasteiger partial charge in [-0.1, -0.05) is 19.3 Å². The Morgan fingerprint density at radius 1 is 1.18 bits per heavy atom. The third-order valence-corrected chi connectivity index (χ3v) is 4.28. The summed E-state index contributed by atoms with van der Waals surface area (Å²) in [6.45, 7) is 3.45. The van der Waals surface area contributed by atoms with Gasteiger partial charge in [0, 0.05) is 18.1 Å². The van der Waals surface area contributed by atoms with E-state index in [-0.39, 0.29) is 6.10 Å². The smallest absolute Gasteiger partial charge is 0.0693 e. The predicted octanol–water partition coefficient (Wildman–Crippen LogP) is 1.80. The molecule has 0 aromatic rings. The second-order valence-electron chi connectivity index (χ2n) is 5.91. The van der Waals surface area contributed by atoms with Crippen LogP contribution in [0.15, 0.2) is 0 Å². The molecule has 100 valence electrons. The van der Waals surface area contributed by atoms with Crippen molar-refractivity contribution in [1.29, 1.82) is 0 Å². The molecular formula is C14H28N2O. The van der Waals surface area contributed by atoms with Crippen LogP contribution in [0.4, 0.5) is 0 Å². The molecule has 1 heterocycles. The average Bonchev–Trinajstić information content (AvgIpc) is 2.71. The van der Waals surface area contributed by atoms with Crippen LogP contribution in [-0.4, -0.2) is 35.9 Å². The first-order chi connectivity index (χ1) is 8.25. The van der Waals surface area contributed by atoms with E-state index in [2.05, 4.69) is 17.6 Å². The Morgan fingerprint density at radius 2 is 2.00 bits per heavy atom. The maximum Gasteiger partial charge on any atom is 0.0693 e. The third kappa shape index (κ3) is 4.23. The van der Waals surface area contributed by atoms with Gasteiger partial charge in [0.05, 0.1) is 6.10 Å². The summed E-state index contributed by atoms with van der Waals surface area (Å²) in [6.07, 6.45) is 9.58. The molecule has 3 heteroatoms. The van der Waals surface area contributed by atoms with Gasteiger partial charge in [-0.25, -0.2) is 0 Å². The highest BCUT2D eigenvalue weighted by molar-refractivity contribution is 4.84. The lowest BCUT2D eigenvalue weighted by atomic mass is 10.0. The van der Waals surface area contributed by atoms with Crippen molar-refractivity contribution in [3.8, 4) is 0 Å². The Bertz CT molecular complexity index is 216. The Morgan fingerprint density at radius 3 is 2.76 bits per heavy atom. The lowest BCUT2D eigenvalue weighted by Crippen LogP contribution is -2.45. The topological polar surface area (TPSA) is 44.3 Å². The normalized spacial score (nSPS) is 36.7. The molecule has 0 amide bonds. The van der Waals surface area contributed by atoms with Crippen molar-refractivity contribution in [2.45, 2.75) is 82.5 Å². The fraction of sp³-hybridized carbons (Fsp3) is 1.00. The molecule has 2 rings (SSSR count). The third-order valence-electron chi connectivity index (χ3n) is 4.28. The largest absolute Gasteiger partial charge is 0.392 e. The van der Waals surface area contributed by atoms with E-state index in [4.69, 9.17) is 0 Å². The first-order valence-electron chi connectivity index (χ1n) is 7.43. The van der Waals surface area contributed by atoms with Crippen LogP contribution in [0.5, 0.6) is 0 Å². The van der Waals surface area contributed by atoms with E-state index >= 15 is 0 Å². The van der Waals surface area contributed by atoms with Gasteiger partial charge in [-0.05, 0) is 45.6 Å². The molecule has 4 atom stereocenters. The number of hydrogen-bond acceptors (Lipinski definition) is 3. The maximum absolute atomic E-state index is 10.1. The average molecular weight is 240 g/mol. The van der Waals surface area contributed by atoms with E-state index in [0.29, 0.717) is 18.1 Å². The molecule has 3 nitrogen and oxygen atoms in total. The number of nitrogens with one attached hydrogen (secondary N) is 2. The molecule has 0 radical (unpaired) electrons. The second kappa shape index (κ2) is 6.72. The molecule has 2 aliphatic rings. The number of aliphatic hydroxyl groups excluding tert-OH is 1. The summed E-state index contributed by atoms with van der Waals surface area (Å²) >= 11 is 0. The van der Waals surface area contributed by atoms with Crippen molar-refractivity contribution >= 4 is 0 Å². The van der Waals surface area contributed by atoms with Crippen molar-refractivity contribution in [3.05, 3.63) is 0 Å². The second-order valence-corrected chi connectivity index (χ2v) is 5.91. The summed E-state index contributed by atoms with van der Waals surface area (Å²) in [5.41, 5.74) is 0. The van der Waals surface area contributed by atoms with Crippen LogP contribution < -0.4 is 10.6 Å². The van der Waals surface area contributed by atoms with Gasteiger partial charge in [-0.2, -0.15) is 0 Å². The number of rotatable bonds is 4. The first kappa shape index (κ1) is 13.3. The molecule has 3 N–H and O–H groups in total. The van der Waals surface area contributed by atoms with Crippen molar-refractivity contribution in [2.24, 2.45) is 0 Å². The van der Waals surface area contributed by atoms with Crippen LogP contribution in [0.2, 0.25) is 0 Å². The Balaban J connectivity index is 1.73. The summed E-state index contributed by atoms with van der Waals surface area (Å²) in [4.78, 5) is 0. The monoisotopic (exact) mass is 240 g/mol. The Labute approximate surface area is 105 Å². The van der Waals surface area contributed by atoms with E-state index in [1.54, 1.807) is 0 Å². The van der Waals surface area contributed by atoms with Crippen LogP contribution in [0.3, 0.4) is 0 Å². The zero-order valence-electron chi connectivity index (χ0n) is 11.1. The van der Waals surface area contributed by atoms with Crippen molar-refractivity contribution in [2.75, 3.05) is 6.54 Å². The molecule has 2 fully saturated rings. The zero-order chi connectivity index (χ0) is 12.1. The predicted molar refractivity (Wildman–Crippen MR) is 71.1 cm³/mol. The van der Waals surface area contributed by atoms with Crippen LogP contribution in [0.1, 0.15) is 58.3 Å². The minimum absolute atomic E-state index is 0.128. The van der Waals surface area contributed by atoms with Crippen LogP contribution >= 0.6 is 0 Å². The van der Waals surface area contributed by atoms with Gasteiger partial charge in [0.25, 0.3) is 0 Å². The number of hydrogen-bond donors (Lipinski definition) is 3. The van der Waals surface area contributed by atoms with Gasteiger partial charge in [0.2, 0.25) is 0 Å². The van der Waals surface area contributed by atoms with Crippen LogP contribution in [-0.2, 0) is 0 Å². The van der Waals surface area contributed by atoms with Crippen LogP contribution in [0.25, 0.3) is 0 Å². The van der Waals surface area contributed by atoms with Gasteiger partial charge < -0.3 is 15.7 Å². The molecule has 17 heavy (non-hydrogen) atoms. The minimum Gasteiger partial charge on any atom is -0.392 e. The van der Waals surface area contributed by atoms with Gasteiger partial charge >= 0.3 is 0 Å². The van der Waals surface area contributed by atoms with Crippen molar-refractivity contribution < 1.29 is 5.11 Å². The summed E-state index contributed by atoms with van der Waals surface area (Å²) in [5, 5.41) is 17.3. The summed E-state index contributed by atoms with van der Waals surface area (Å²) in [7, 11) is 0. The minimum atomic E-state index is -0.128. The summed E-state index contributed by atoms with van der Waals surface area (Å²) < 4.78 is 0. The van der Waals surface area contributed by atoms with Crippen LogP contribution in [0, 0.1) is 0 Å². The van der Waals surface area contributed by atoms with Gasteiger partial charge in [-0.15, -0.1) is 0 Å². The highest BCUT2D eigenvalue weighted by Gasteiger charge is 2.24. The lowest BCUT2D eigenvalue weighted by Gasteiger charge is -2.27. The van der Waals surface area contributed by atoms with E-state index in [1.165, 1.54) is 45.1 Å². The highest BCUT2D eigenvalue weighted by atomic mass is 16.3. The maximum atomic E-state index is 10.1. The molecule has 1 saturated heterocycles. The molecule has 1 aliphatic carbocycles. The molecular weight excluding hydrogens is 212 g/mol. The molecule has 0 bridgehead atoms. The molecule has 1 aliphatic heterocycles. The van der Waals surface area contributed by atoms with Gasteiger partial charge in [0.1, 0.15) is 0 Å². The Hall–Kier alpha value is -0.120. The van der Waals surface area contributed by atoms with E-state index in [9.17, 15) is 5.11 Å². The fourth-order valence-electron chi connectivity index (χ4n) is 3.30. The van der Waals surface area contributed by atoms with E-state index < -0.39 is 0 Å². The molecule has 0 aromatic carbocycles. The van der Waals surface area contributed by atoms with Crippen molar-refractivity contribution in [3.63, 3.8) is 0 Å². The highest BCUT2D eigenvalue weighted by Crippen LogP contribution is 2.19. The van der Waals surface area contributed by atoms with E-state index in [1.807, 2.05) is 0 Å². The summed E-state index contributed by atoms with van der Waals surface area (Å²) in [6, 6.07) is 1.54. The molecule has 4 unspecified atom stereocenters. The SMILES string of the molecule is CC(CC1CCCN1)NC1CCCCCC1O. The standard InChI is InChI=1S/C14H28N2O/c1-11(10-12-6-5-9-15-12)16-13-7-3-2-4-8-14(13)17/h11-17H,2-10H2,1H3. The summed E-state index contributed by atoms with van der Waals surface area (Å²) in [5.74, 6) is 0.